The van der Waals surface area contributed by atoms with Gasteiger partial charge in [0.15, 0.2) is 0 Å². The highest BCUT2D eigenvalue weighted by molar-refractivity contribution is 6.34. The van der Waals surface area contributed by atoms with Gasteiger partial charge in [-0.25, -0.2) is 4.39 Å². The zero-order chi connectivity index (χ0) is 14.0. The largest absolute Gasteiger partial charge is 0.455 e. The average Bonchev–Trinajstić information content (AvgIpc) is 2.33. The molecule has 0 spiro atoms. The minimum absolute atomic E-state index is 0.0316. The summed E-state index contributed by atoms with van der Waals surface area (Å²) in [5, 5.41) is 11.3. The number of nitro benzene ring substituents is 1. The van der Waals surface area contributed by atoms with Gasteiger partial charge in [-0.3, -0.25) is 10.1 Å². The molecule has 0 aliphatic rings. The molecule has 2 aromatic carbocycles. The Kier molecular flexibility index (Phi) is 3.87. The highest BCUT2D eigenvalue weighted by Crippen LogP contribution is 2.33. The second-order valence-electron chi connectivity index (χ2n) is 3.58. The van der Waals surface area contributed by atoms with E-state index in [0.29, 0.717) is 5.02 Å². The van der Waals surface area contributed by atoms with Crippen molar-refractivity contribution in [3.8, 4) is 11.5 Å². The average molecular weight is 302 g/mol. The Morgan fingerprint density at radius 3 is 2.58 bits per heavy atom. The molecule has 4 nitrogen and oxygen atoms in total. The Hall–Kier alpha value is -1.85. The third-order valence-electron chi connectivity index (χ3n) is 2.19. The van der Waals surface area contributed by atoms with Crippen LogP contribution in [0.3, 0.4) is 0 Å². The molecule has 0 N–H and O–H groups in total. The van der Waals surface area contributed by atoms with Crippen LogP contribution in [0.5, 0.6) is 11.5 Å². The lowest BCUT2D eigenvalue weighted by Crippen LogP contribution is -1.92. The lowest BCUT2D eigenvalue weighted by atomic mass is 10.3. The monoisotopic (exact) mass is 301 g/mol. The van der Waals surface area contributed by atoms with Crippen LogP contribution in [0.2, 0.25) is 10.0 Å². The molecular weight excluding hydrogens is 296 g/mol. The minimum atomic E-state index is -0.776. The van der Waals surface area contributed by atoms with Crippen LogP contribution in [0.1, 0.15) is 0 Å². The lowest BCUT2D eigenvalue weighted by molar-refractivity contribution is -0.385. The first kappa shape index (κ1) is 13.6. The van der Waals surface area contributed by atoms with E-state index in [9.17, 15) is 14.5 Å². The van der Waals surface area contributed by atoms with Crippen molar-refractivity contribution in [1.82, 2.24) is 0 Å². The van der Waals surface area contributed by atoms with Crippen molar-refractivity contribution in [3.63, 3.8) is 0 Å². The van der Waals surface area contributed by atoms with Crippen LogP contribution in [-0.4, -0.2) is 4.92 Å². The van der Waals surface area contributed by atoms with Crippen LogP contribution in [0, 0.1) is 15.9 Å². The number of non-ortho nitro benzene ring substituents is 1. The first-order valence-electron chi connectivity index (χ1n) is 5.03. The summed E-state index contributed by atoms with van der Waals surface area (Å²) in [6.45, 7) is 0. The minimum Gasteiger partial charge on any atom is -0.455 e. The van der Waals surface area contributed by atoms with Gasteiger partial charge in [0.05, 0.1) is 22.1 Å². The molecule has 2 rings (SSSR count). The summed E-state index contributed by atoms with van der Waals surface area (Å²) < 4.78 is 18.5. The van der Waals surface area contributed by atoms with Gasteiger partial charge in [-0.1, -0.05) is 23.2 Å². The van der Waals surface area contributed by atoms with Gasteiger partial charge < -0.3 is 4.74 Å². The summed E-state index contributed by atoms with van der Waals surface area (Å²) in [4.78, 5) is 9.90. The van der Waals surface area contributed by atoms with E-state index in [1.807, 2.05) is 0 Å². The maximum atomic E-state index is 13.2. The molecule has 0 heterocycles. The Balaban J connectivity index is 2.38. The van der Waals surface area contributed by atoms with Crippen molar-refractivity contribution in [2.45, 2.75) is 0 Å². The fourth-order valence-corrected chi connectivity index (χ4v) is 1.71. The predicted octanol–water partition coefficient (Wildman–Crippen LogP) is 4.83. The van der Waals surface area contributed by atoms with Crippen LogP contribution in [0.4, 0.5) is 10.1 Å². The van der Waals surface area contributed by atoms with Crippen molar-refractivity contribution in [2.75, 3.05) is 0 Å². The first-order chi connectivity index (χ1) is 8.95. The van der Waals surface area contributed by atoms with Gasteiger partial charge in [-0.15, -0.1) is 0 Å². The van der Waals surface area contributed by atoms with Crippen molar-refractivity contribution in [2.24, 2.45) is 0 Å². The van der Waals surface area contributed by atoms with Gasteiger partial charge in [0, 0.05) is 17.2 Å². The lowest BCUT2D eigenvalue weighted by Gasteiger charge is -2.08. The van der Waals surface area contributed by atoms with E-state index in [0.717, 1.165) is 18.2 Å². The summed E-state index contributed by atoms with van der Waals surface area (Å²) >= 11 is 11.7. The second kappa shape index (κ2) is 5.42. The predicted molar refractivity (Wildman–Crippen MR) is 69.6 cm³/mol. The second-order valence-corrected chi connectivity index (χ2v) is 4.42. The third-order valence-corrected chi connectivity index (χ3v) is 2.74. The van der Waals surface area contributed by atoms with E-state index < -0.39 is 16.4 Å². The zero-order valence-electron chi connectivity index (χ0n) is 9.27. The van der Waals surface area contributed by atoms with Crippen molar-refractivity contribution in [3.05, 3.63) is 62.4 Å². The fraction of sp³-hybridized carbons (Fsp3) is 0. The molecule has 0 aliphatic heterocycles. The van der Waals surface area contributed by atoms with Crippen LogP contribution in [0.25, 0.3) is 0 Å². The van der Waals surface area contributed by atoms with Gasteiger partial charge in [0.25, 0.3) is 5.69 Å². The molecule has 0 fully saturated rings. The first-order valence-corrected chi connectivity index (χ1v) is 5.79. The molecule has 7 heteroatoms. The maximum absolute atomic E-state index is 13.2. The zero-order valence-corrected chi connectivity index (χ0v) is 10.8. The highest BCUT2D eigenvalue weighted by atomic mass is 35.5. The van der Waals surface area contributed by atoms with Crippen LogP contribution in [0.15, 0.2) is 36.4 Å². The molecule has 98 valence electrons. The molecule has 0 atom stereocenters. The summed E-state index contributed by atoms with van der Waals surface area (Å²) in [6, 6.07) is 7.41. The molecule has 2 aromatic rings. The Morgan fingerprint density at radius 2 is 1.89 bits per heavy atom. The fourth-order valence-electron chi connectivity index (χ4n) is 1.39. The Bertz CT molecular complexity index is 649. The Labute approximate surface area is 117 Å². The van der Waals surface area contributed by atoms with E-state index in [-0.39, 0.29) is 16.5 Å². The van der Waals surface area contributed by atoms with Crippen molar-refractivity contribution in [1.29, 1.82) is 0 Å². The number of rotatable bonds is 3. The smallest absolute Gasteiger partial charge is 0.276 e. The van der Waals surface area contributed by atoms with Crippen molar-refractivity contribution >= 4 is 28.9 Å². The molecule has 0 aliphatic carbocycles. The number of halogens is 3. The number of hydrogen-bond acceptors (Lipinski definition) is 3. The normalized spacial score (nSPS) is 10.3. The number of ether oxygens (including phenoxy) is 1. The molecule has 0 bridgehead atoms. The van der Waals surface area contributed by atoms with Crippen molar-refractivity contribution < 1.29 is 14.1 Å². The topological polar surface area (TPSA) is 52.4 Å². The number of hydrogen-bond donors (Lipinski definition) is 0. The van der Waals surface area contributed by atoms with Gasteiger partial charge in [-0.05, 0) is 12.1 Å². The number of benzene rings is 2. The molecule has 0 aromatic heterocycles. The molecule has 0 unspecified atom stereocenters. The van der Waals surface area contributed by atoms with E-state index >= 15 is 0 Å². The molecule has 0 radical (unpaired) electrons. The van der Waals surface area contributed by atoms with Gasteiger partial charge >= 0.3 is 0 Å². The molecule has 0 saturated heterocycles. The molecule has 19 heavy (non-hydrogen) atoms. The SMILES string of the molecule is O=[N+]([O-])c1cc(F)cc(Oc2cc(Cl)ccc2Cl)c1. The maximum Gasteiger partial charge on any atom is 0.276 e. The van der Waals surface area contributed by atoms with Crippen LogP contribution >= 0.6 is 23.2 Å². The highest BCUT2D eigenvalue weighted by Gasteiger charge is 2.12. The molecule has 0 saturated carbocycles. The summed E-state index contributed by atoms with van der Waals surface area (Å²) in [6.07, 6.45) is 0. The third kappa shape index (κ3) is 3.33. The van der Waals surface area contributed by atoms with E-state index in [4.69, 9.17) is 27.9 Å². The van der Waals surface area contributed by atoms with Crippen LogP contribution in [-0.2, 0) is 0 Å². The number of nitro groups is 1. The summed E-state index contributed by atoms with van der Waals surface area (Å²) in [7, 11) is 0. The van der Waals surface area contributed by atoms with Gasteiger partial charge in [0.1, 0.15) is 17.3 Å². The van der Waals surface area contributed by atoms with E-state index in [1.54, 1.807) is 6.07 Å². The van der Waals surface area contributed by atoms with E-state index in [1.165, 1.54) is 12.1 Å². The quantitative estimate of drug-likeness (QED) is 0.602. The summed E-state index contributed by atoms with van der Waals surface area (Å²) in [5.74, 6) is -0.618. The Morgan fingerprint density at radius 1 is 1.16 bits per heavy atom. The standard InChI is InChI=1S/C12H6Cl2FNO3/c13-7-1-2-11(14)12(3-7)19-10-5-8(15)4-9(6-10)16(17)18/h1-6H. The number of nitrogens with zero attached hydrogens (tertiary/aromatic N) is 1. The van der Waals surface area contributed by atoms with Crippen LogP contribution < -0.4 is 4.74 Å². The van der Waals surface area contributed by atoms with Gasteiger partial charge in [0.2, 0.25) is 0 Å². The summed E-state index contributed by atoms with van der Waals surface area (Å²) in [5.41, 5.74) is -0.409. The van der Waals surface area contributed by atoms with Gasteiger partial charge in [-0.2, -0.15) is 0 Å². The van der Waals surface area contributed by atoms with E-state index in [2.05, 4.69) is 0 Å². The molecular formula is C12H6Cl2FNO3. The molecule has 0 amide bonds.